The minimum absolute atomic E-state index is 0. The average molecular weight is 159 g/mol. The molecule has 0 aromatic rings. The van der Waals surface area contributed by atoms with E-state index in [-0.39, 0.29) is 6.15 Å². The molecular formula is HNO5S2. The van der Waals surface area contributed by atoms with Gasteiger partial charge in [-0.15, -0.1) is 0 Å². The molecule has 0 saturated heterocycles. The smallest absolute Gasteiger partial charge is 0.750 e. The minimum atomic E-state index is -2.86. The zero-order chi connectivity index (χ0) is 6.28. The van der Waals surface area contributed by atoms with Crippen LogP contribution in [0.15, 0.2) is 0 Å². The zero-order valence-corrected chi connectivity index (χ0v) is 4.98. The van der Waals surface area contributed by atoms with Crippen LogP contribution in [0.3, 0.4) is 0 Å². The lowest BCUT2D eigenvalue weighted by Gasteiger charge is -1.83. The van der Waals surface area contributed by atoms with Crippen LogP contribution in [0, 0.1) is 0 Å². The van der Waals surface area contributed by atoms with E-state index in [1.807, 2.05) is 0 Å². The van der Waals surface area contributed by atoms with E-state index in [1.165, 1.54) is 0 Å². The topological polar surface area (TPSA) is 125 Å². The van der Waals surface area contributed by atoms with Crippen LogP contribution in [-0.4, -0.2) is 21.7 Å². The largest absolute Gasteiger partial charge is 1.00 e. The third kappa shape index (κ3) is 6120. The van der Waals surface area contributed by atoms with E-state index in [2.05, 4.69) is 0 Å². The van der Waals surface area contributed by atoms with Gasteiger partial charge in [-0.25, -0.2) is 4.21 Å². The van der Waals surface area contributed by atoms with Gasteiger partial charge in [0.15, 0.2) is 0 Å². The highest BCUT2D eigenvalue weighted by Crippen LogP contribution is 1.43. The highest BCUT2D eigenvalue weighted by Gasteiger charge is 1.42. The molecule has 48 valence electrons. The van der Waals surface area contributed by atoms with Crippen LogP contribution in [0.1, 0.15) is 0 Å². The summed E-state index contributed by atoms with van der Waals surface area (Å²) in [6.07, 6.45) is 0. The maximum atomic E-state index is 8.56. The van der Waals surface area contributed by atoms with Crippen LogP contribution in [0.25, 0.3) is 0 Å². The van der Waals surface area contributed by atoms with E-state index in [0.29, 0.717) is 0 Å². The fourth-order valence-electron chi connectivity index (χ4n) is 0. The average Bonchev–Trinajstić information content (AvgIpc) is 1.33. The summed E-state index contributed by atoms with van der Waals surface area (Å²) in [5.41, 5.74) is 0. The highest BCUT2D eigenvalue weighted by molar-refractivity contribution is 7.73. The van der Waals surface area contributed by atoms with Gasteiger partial charge in [0.25, 0.3) is 0 Å². The third-order valence-electron chi connectivity index (χ3n) is 0. The second-order valence-electron chi connectivity index (χ2n) is 0.285. The molecule has 1 N–H and O–H groups in total. The molecule has 0 fully saturated rings. The molecule has 4 radical (unpaired) electrons. The van der Waals surface area contributed by atoms with E-state index in [1.54, 1.807) is 0 Å². The van der Waals surface area contributed by atoms with Crippen LogP contribution in [0.4, 0.5) is 0 Å². The Morgan fingerprint density at radius 2 is 1.50 bits per heavy atom. The van der Waals surface area contributed by atoms with Crippen LogP contribution in [-0.2, 0) is 22.9 Å². The molecule has 0 aliphatic carbocycles. The lowest BCUT2D eigenvalue weighted by atomic mass is 14.0. The van der Waals surface area contributed by atoms with Gasteiger partial charge in [0.2, 0.25) is 0 Å². The van der Waals surface area contributed by atoms with Crippen LogP contribution in [0.2, 0.25) is 0 Å². The molecule has 0 spiro atoms. The Bertz CT molecular complexity index is 78.4. The lowest BCUT2D eigenvalue weighted by molar-refractivity contribution is 0.436. The van der Waals surface area contributed by atoms with E-state index >= 15 is 0 Å². The van der Waals surface area contributed by atoms with Crippen molar-refractivity contribution in [3.63, 3.8) is 0 Å². The standard InChI is InChI=1S/N.H2O3S.O2S/c;1-4(2)3;1-3-2/h;(H2,1,2,3);/q+1;;/p-1. The van der Waals surface area contributed by atoms with Crippen molar-refractivity contribution in [3.05, 3.63) is 0 Å². The normalized spacial score (nSPS) is 9.25. The van der Waals surface area contributed by atoms with Gasteiger partial charge in [-0.3, -0.25) is 0 Å². The zero-order valence-electron chi connectivity index (χ0n) is 3.34. The van der Waals surface area contributed by atoms with Gasteiger partial charge in [0.1, 0.15) is 0 Å². The molecule has 0 rings (SSSR count). The molecule has 0 aliphatic heterocycles. The van der Waals surface area contributed by atoms with Crippen molar-refractivity contribution in [1.82, 2.24) is 6.15 Å². The summed E-state index contributed by atoms with van der Waals surface area (Å²) in [7, 11) is 0. The molecule has 0 bridgehead atoms. The molecule has 0 aromatic carbocycles. The van der Waals surface area contributed by atoms with Crippen molar-refractivity contribution in [2.45, 2.75) is 0 Å². The van der Waals surface area contributed by atoms with Gasteiger partial charge in [0.05, 0.1) is 11.4 Å². The Balaban J connectivity index is -0.0000000575. The van der Waals surface area contributed by atoms with E-state index in [4.69, 9.17) is 21.7 Å². The minimum Gasteiger partial charge on any atom is -0.750 e. The second kappa shape index (κ2) is 15.8. The van der Waals surface area contributed by atoms with Gasteiger partial charge in [-0.05, 0) is 0 Å². The number of rotatable bonds is 0. The third-order valence-corrected chi connectivity index (χ3v) is 0. The van der Waals surface area contributed by atoms with Gasteiger partial charge < -0.3 is 9.11 Å². The van der Waals surface area contributed by atoms with Gasteiger partial charge in [0, 0.05) is 0 Å². The maximum absolute atomic E-state index is 8.56. The van der Waals surface area contributed by atoms with E-state index in [9.17, 15) is 0 Å². The van der Waals surface area contributed by atoms with Gasteiger partial charge in [-0.2, -0.15) is 8.42 Å². The molecule has 1 unspecified atom stereocenters. The van der Waals surface area contributed by atoms with Crippen LogP contribution < -0.4 is 6.15 Å². The van der Waals surface area contributed by atoms with Crippen molar-refractivity contribution in [1.29, 1.82) is 0 Å². The summed E-state index contributed by atoms with van der Waals surface area (Å²) < 4.78 is 40.7. The summed E-state index contributed by atoms with van der Waals surface area (Å²) in [5, 5.41) is 0. The van der Waals surface area contributed by atoms with E-state index in [0.717, 1.165) is 0 Å². The van der Waals surface area contributed by atoms with Crippen molar-refractivity contribution in [3.8, 4) is 0 Å². The molecule has 0 heterocycles. The molecule has 0 saturated carbocycles. The monoisotopic (exact) mass is 159 g/mol. The van der Waals surface area contributed by atoms with Crippen molar-refractivity contribution < 1.29 is 21.7 Å². The number of hydrogen-bond acceptors (Lipinski definition) is 4. The Labute approximate surface area is 51.6 Å². The molecule has 0 aromatic heterocycles. The van der Waals surface area contributed by atoms with E-state index < -0.39 is 22.9 Å². The summed E-state index contributed by atoms with van der Waals surface area (Å²) in [6.45, 7) is 0. The fraction of sp³-hybridized carbons (Fsp3) is 0. The number of nitrogens with zero attached hydrogens (tertiary/aromatic N) is 1. The first-order chi connectivity index (χ1) is 3.15. The quantitative estimate of drug-likeness (QED) is 0.417. The number of hydrogen-bond donors (Lipinski definition) is 1. The van der Waals surface area contributed by atoms with Crippen molar-refractivity contribution >= 4 is 22.9 Å². The first kappa shape index (κ1) is 15.7. The Hall–Kier alpha value is -0.150. The second-order valence-corrected chi connectivity index (χ2v) is 0.855. The first-order valence-electron chi connectivity index (χ1n) is 0.849. The summed E-state index contributed by atoms with van der Waals surface area (Å²) in [6, 6.07) is 0. The molecule has 0 aliphatic rings. The van der Waals surface area contributed by atoms with Crippen molar-refractivity contribution in [2.24, 2.45) is 0 Å². The van der Waals surface area contributed by atoms with Gasteiger partial charge >= 0.3 is 17.7 Å². The molecule has 0 amide bonds. The lowest BCUT2D eigenvalue weighted by Crippen LogP contribution is -1.75. The predicted octanol–water partition coefficient (Wildman–Crippen LogP) is -1.81. The van der Waals surface area contributed by atoms with Crippen LogP contribution >= 0.6 is 0 Å². The Morgan fingerprint density at radius 3 is 1.50 bits per heavy atom. The Kier molecular flexibility index (Phi) is 31.0. The maximum Gasteiger partial charge on any atom is 1.00 e. The molecule has 1 atom stereocenters. The highest BCUT2D eigenvalue weighted by atomic mass is 32.2. The first-order valence-corrected chi connectivity index (χ1v) is 2.55. The fourth-order valence-corrected chi connectivity index (χ4v) is 0. The summed E-state index contributed by atoms with van der Waals surface area (Å²) >= 11 is -3.61. The predicted molar refractivity (Wildman–Crippen MR) is 22.6 cm³/mol. The molecule has 6 nitrogen and oxygen atoms in total. The molecule has 8 heavy (non-hydrogen) atoms. The molecule has 8 heteroatoms. The van der Waals surface area contributed by atoms with Gasteiger partial charge in [-0.1, -0.05) is 0 Å². The Morgan fingerprint density at radius 1 is 1.50 bits per heavy atom. The molecular weight excluding hydrogens is 158 g/mol. The van der Waals surface area contributed by atoms with Crippen molar-refractivity contribution in [2.75, 3.05) is 0 Å². The summed E-state index contributed by atoms with van der Waals surface area (Å²) in [4.78, 5) is 0. The summed E-state index contributed by atoms with van der Waals surface area (Å²) in [5.74, 6) is 0. The van der Waals surface area contributed by atoms with Crippen LogP contribution in [0.5, 0.6) is 0 Å². The SMILES string of the molecule is O=S([O-])O.O=S=O.[N+].